The second kappa shape index (κ2) is 7.37. The van der Waals surface area contributed by atoms with Gasteiger partial charge in [0.1, 0.15) is 0 Å². The summed E-state index contributed by atoms with van der Waals surface area (Å²) in [5.41, 5.74) is 0. The normalized spacial score (nSPS) is 11.2. The minimum Gasteiger partial charge on any atom is -0.357 e. The van der Waals surface area contributed by atoms with Crippen LogP contribution in [0.15, 0.2) is 0 Å². The zero-order valence-electron chi connectivity index (χ0n) is 6.97. The maximum atomic E-state index is 9.79. The van der Waals surface area contributed by atoms with Gasteiger partial charge >= 0.3 is 6.72 Å². The van der Waals surface area contributed by atoms with Crippen LogP contribution >= 0.6 is 6.72 Å². The Morgan fingerprint density at radius 2 is 2.08 bits per heavy atom. The zero-order chi connectivity index (χ0) is 10.2. The molecule has 0 heterocycles. The first-order valence-electron chi connectivity index (χ1n) is 3.64. The van der Waals surface area contributed by atoms with Crippen molar-refractivity contribution in [3.8, 4) is 0 Å². The van der Waals surface area contributed by atoms with Crippen LogP contribution in [0.4, 0.5) is 0 Å². The Morgan fingerprint density at radius 1 is 1.38 bits per heavy atom. The van der Waals surface area contributed by atoms with E-state index in [1.807, 2.05) is 0 Å². The van der Waals surface area contributed by atoms with Gasteiger partial charge in [-0.05, 0) is 11.8 Å². The summed E-state index contributed by atoms with van der Waals surface area (Å²) in [6.07, 6.45) is 0.611. The van der Waals surface area contributed by atoms with Crippen LogP contribution in [0.3, 0.4) is 0 Å². The van der Waals surface area contributed by atoms with Crippen LogP contribution in [0.1, 0.15) is 0 Å². The topological polar surface area (TPSA) is 90.8 Å². The first kappa shape index (κ1) is 13.0. The van der Waals surface area contributed by atoms with Gasteiger partial charge in [-0.2, -0.15) is 0 Å². The van der Waals surface area contributed by atoms with Gasteiger partial charge in [-0.25, -0.2) is 0 Å². The van der Waals surface area contributed by atoms with Gasteiger partial charge < -0.3 is 24.9 Å². The van der Waals surface area contributed by atoms with Gasteiger partial charge in [-0.1, -0.05) is 0 Å². The molecule has 0 radical (unpaired) electrons. The second-order valence-corrected chi connectivity index (χ2v) is 4.81. The molecule has 0 aliphatic carbocycles. The van der Waals surface area contributed by atoms with Gasteiger partial charge in [0, 0.05) is 19.6 Å². The Bertz CT molecular complexity index is 185. The molecule has 0 saturated heterocycles. The molecule has 0 aliphatic heterocycles. The molecule has 0 spiro atoms. The molecule has 0 fully saturated rings. The summed E-state index contributed by atoms with van der Waals surface area (Å²) in [6.45, 7) is -1.78. The number of carbonyl (C=O) groups excluding carboxylic acids is 1. The van der Waals surface area contributed by atoms with Crippen molar-refractivity contribution in [2.75, 3.05) is 26.2 Å². The van der Waals surface area contributed by atoms with Gasteiger partial charge in [0.2, 0.25) is 6.41 Å². The van der Waals surface area contributed by atoms with Crippen LogP contribution in [0, 0.1) is 0 Å². The van der Waals surface area contributed by atoms with E-state index in [1.165, 1.54) is 0 Å². The van der Waals surface area contributed by atoms with Gasteiger partial charge in [0.05, 0.1) is 6.61 Å². The Kier molecular flexibility index (Phi) is 7.35. The third kappa shape index (κ3) is 12.0. The SMILES string of the molecule is O=CNCCNCCOP(O)(O)=S. The van der Waals surface area contributed by atoms with E-state index in [2.05, 4.69) is 27.0 Å². The van der Waals surface area contributed by atoms with Crippen molar-refractivity contribution in [2.24, 2.45) is 0 Å². The zero-order valence-corrected chi connectivity index (χ0v) is 8.68. The smallest absolute Gasteiger partial charge is 0.321 e. The molecule has 78 valence electrons. The molecule has 8 heteroatoms. The minimum absolute atomic E-state index is 0.144. The Balaban J connectivity index is 3.08. The van der Waals surface area contributed by atoms with E-state index in [-0.39, 0.29) is 6.61 Å². The molecule has 13 heavy (non-hydrogen) atoms. The standard InChI is InChI=1S/C5H13N2O4PS/c8-5-7-2-1-6-3-4-11-12(9,10)13/h5-6H,1-4H2,(H,7,8)(H2,9,10,13). The van der Waals surface area contributed by atoms with Crippen LogP contribution in [0.5, 0.6) is 0 Å². The van der Waals surface area contributed by atoms with E-state index in [9.17, 15) is 4.79 Å². The number of hydrogen-bond donors (Lipinski definition) is 4. The molecule has 1 amide bonds. The van der Waals surface area contributed by atoms with Crippen molar-refractivity contribution in [3.63, 3.8) is 0 Å². The highest BCUT2D eigenvalue weighted by Crippen LogP contribution is 2.35. The molecule has 0 aromatic rings. The summed E-state index contributed by atoms with van der Waals surface area (Å²) in [4.78, 5) is 27.0. The lowest BCUT2D eigenvalue weighted by atomic mass is 10.6. The molecule has 0 rings (SSSR count). The minimum atomic E-state index is -3.51. The summed E-state index contributed by atoms with van der Waals surface area (Å²) < 4.78 is 4.52. The van der Waals surface area contributed by atoms with E-state index in [1.54, 1.807) is 0 Å². The van der Waals surface area contributed by atoms with Crippen LogP contribution in [0.25, 0.3) is 0 Å². The molecule has 0 unspecified atom stereocenters. The number of amides is 1. The third-order valence-electron chi connectivity index (χ3n) is 1.07. The Labute approximate surface area is 81.5 Å². The quantitative estimate of drug-likeness (QED) is 0.231. The lowest BCUT2D eigenvalue weighted by Crippen LogP contribution is -2.28. The maximum absolute atomic E-state index is 9.79. The average molecular weight is 228 g/mol. The van der Waals surface area contributed by atoms with E-state index >= 15 is 0 Å². The molecule has 4 N–H and O–H groups in total. The molecule has 0 aromatic heterocycles. The molecule has 0 saturated carbocycles. The predicted octanol–water partition coefficient (Wildman–Crippen LogP) is -1.45. The highest BCUT2D eigenvalue weighted by molar-refractivity contribution is 8.06. The number of carbonyl (C=O) groups is 1. The number of rotatable bonds is 8. The lowest BCUT2D eigenvalue weighted by Gasteiger charge is -2.08. The van der Waals surface area contributed by atoms with Crippen molar-refractivity contribution in [2.45, 2.75) is 0 Å². The van der Waals surface area contributed by atoms with Gasteiger partial charge in [-0.15, -0.1) is 0 Å². The highest BCUT2D eigenvalue weighted by Gasteiger charge is 2.05. The number of nitrogens with one attached hydrogen (secondary N) is 2. The third-order valence-corrected chi connectivity index (χ3v) is 1.90. The monoisotopic (exact) mass is 228 g/mol. The van der Waals surface area contributed by atoms with Gasteiger partial charge in [0.25, 0.3) is 0 Å². The summed E-state index contributed by atoms with van der Waals surface area (Å²) in [6, 6.07) is 0. The van der Waals surface area contributed by atoms with Gasteiger partial charge in [-0.3, -0.25) is 4.79 Å². The predicted molar refractivity (Wildman–Crippen MR) is 51.6 cm³/mol. The van der Waals surface area contributed by atoms with Crippen LogP contribution < -0.4 is 10.6 Å². The molecule has 0 bridgehead atoms. The molecular weight excluding hydrogens is 215 g/mol. The fourth-order valence-corrected chi connectivity index (χ4v) is 1.13. The van der Waals surface area contributed by atoms with Gasteiger partial charge in [0.15, 0.2) is 0 Å². The summed E-state index contributed by atoms with van der Waals surface area (Å²) in [5, 5.41) is 5.35. The molecule has 6 nitrogen and oxygen atoms in total. The fourth-order valence-electron chi connectivity index (χ4n) is 0.581. The second-order valence-electron chi connectivity index (χ2n) is 2.15. The average Bonchev–Trinajstić information content (AvgIpc) is 2.01. The van der Waals surface area contributed by atoms with Crippen molar-refractivity contribution in [3.05, 3.63) is 0 Å². The lowest BCUT2D eigenvalue weighted by molar-refractivity contribution is -0.109. The van der Waals surface area contributed by atoms with Crippen LogP contribution in [-0.2, 0) is 21.1 Å². The maximum Gasteiger partial charge on any atom is 0.321 e. The van der Waals surface area contributed by atoms with Crippen LogP contribution in [0.2, 0.25) is 0 Å². The van der Waals surface area contributed by atoms with E-state index in [0.29, 0.717) is 26.0 Å². The first-order chi connectivity index (χ1) is 6.06. The highest BCUT2D eigenvalue weighted by atomic mass is 32.5. The van der Waals surface area contributed by atoms with E-state index < -0.39 is 6.72 Å². The number of hydrogen-bond acceptors (Lipinski definition) is 4. The van der Waals surface area contributed by atoms with E-state index in [0.717, 1.165) is 0 Å². The largest absolute Gasteiger partial charge is 0.357 e. The van der Waals surface area contributed by atoms with Crippen LogP contribution in [-0.4, -0.2) is 42.4 Å². The van der Waals surface area contributed by atoms with E-state index in [4.69, 9.17) is 9.79 Å². The molecule has 0 aliphatic rings. The summed E-state index contributed by atoms with van der Waals surface area (Å²) >= 11 is 4.22. The molecule has 0 aromatic carbocycles. The van der Waals surface area contributed by atoms with Crippen molar-refractivity contribution < 1.29 is 19.1 Å². The molecule has 0 atom stereocenters. The fraction of sp³-hybridized carbons (Fsp3) is 0.800. The summed E-state index contributed by atoms with van der Waals surface area (Å²) in [7, 11) is 0. The Morgan fingerprint density at radius 3 is 2.62 bits per heavy atom. The first-order valence-corrected chi connectivity index (χ1v) is 6.26. The molecular formula is C5H13N2O4PS. The van der Waals surface area contributed by atoms with Crippen molar-refractivity contribution in [1.82, 2.24) is 10.6 Å². The van der Waals surface area contributed by atoms with Crippen molar-refractivity contribution in [1.29, 1.82) is 0 Å². The Hall–Kier alpha value is -0.0400. The van der Waals surface area contributed by atoms with Crippen molar-refractivity contribution >= 4 is 24.9 Å². The summed E-state index contributed by atoms with van der Waals surface area (Å²) in [5.74, 6) is 0.